The van der Waals surface area contributed by atoms with Gasteiger partial charge in [-0.25, -0.2) is 9.97 Å². The molecule has 2 rings (SSSR count). The summed E-state index contributed by atoms with van der Waals surface area (Å²) in [5, 5.41) is 6.40. The molecule has 1 heterocycles. The molecule has 1 aromatic rings. The van der Waals surface area contributed by atoms with Crippen LogP contribution in [0.25, 0.3) is 0 Å². The lowest BCUT2D eigenvalue weighted by Crippen LogP contribution is -2.17. The van der Waals surface area contributed by atoms with Crippen LogP contribution in [0.1, 0.15) is 19.8 Å². The minimum atomic E-state index is 0.238. The molecule has 1 fully saturated rings. The largest absolute Gasteiger partial charge is 0.372 e. The standard InChI is InChI=1S/C9H13BrN4/c1-9(3-4-9)14-8-6(10)7(11-2)12-5-13-8/h5H,3-4H2,1-2H3,(H2,11,12,13,14). The molecule has 1 saturated carbocycles. The van der Waals surface area contributed by atoms with Crippen LogP contribution in [0, 0.1) is 0 Å². The van der Waals surface area contributed by atoms with E-state index in [0.29, 0.717) is 0 Å². The normalized spacial score (nSPS) is 17.6. The number of halogens is 1. The second kappa shape index (κ2) is 3.38. The highest BCUT2D eigenvalue weighted by Crippen LogP contribution is 2.39. The predicted molar refractivity (Wildman–Crippen MR) is 60.5 cm³/mol. The summed E-state index contributed by atoms with van der Waals surface area (Å²) in [6, 6.07) is 0. The third-order valence-electron chi connectivity index (χ3n) is 2.45. The number of aromatic nitrogens is 2. The first-order valence-corrected chi connectivity index (χ1v) is 5.40. The zero-order valence-electron chi connectivity index (χ0n) is 8.26. The number of hydrogen-bond acceptors (Lipinski definition) is 4. The minimum Gasteiger partial charge on any atom is -0.372 e. The first-order chi connectivity index (χ1) is 6.64. The summed E-state index contributed by atoms with van der Waals surface area (Å²) < 4.78 is 0.899. The first kappa shape index (κ1) is 9.71. The summed E-state index contributed by atoms with van der Waals surface area (Å²) in [6.45, 7) is 2.20. The molecule has 5 heteroatoms. The van der Waals surface area contributed by atoms with Crippen LogP contribution in [0.15, 0.2) is 10.8 Å². The van der Waals surface area contributed by atoms with Gasteiger partial charge in [0.2, 0.25) is 0 Å². The van der Waals surface area contributed by atoms with E-state index in [0.717, 1.165) is 16.1 Å². The molecule has 1 aliphatic carbocycles. The van der Waals surface area contributed by atoms with Crippen molar-refractivity contribution in [2.24, 2.45) is 0 Å². The van der Waals surface area contributed by atoms with Crippen LogP contribution in [-0.4, -0.2) is 22.6 Å². The Bertz CT molecular complexity index is 349. The third kappa shape index (κ3) is 1.82. The Morgan fingerprint density at radius 1 is 1.36 bits per heavy atom. The van der Waals surface area contributed by atoms with Gasteiger partial charge in [-0.15, -0.1) is 0 Å². The van der Waals surface area contributed by atoms with E-state index in [2.05, 4.69) is 43.5 Å². The SMILES string of the molecule is CNc1ncnc(NC2(C)CC2)c1Br. The quantitative estimate of drug-likeness (QED) is 0.871. The van der Waals surface area contributed by atoms with Crippen LogP contribution >= 0.6 is 15.9 Å². The molecule has 14 heavy (non-hydrogen) atoms. The minimum absolute atomic E-state index is 0.238. The van der Waals surface area contributed by atoms with Gasteiger partial charge in [0, 0.05) is 12.6 Å². The van der Waals surface area contributed by atoms with Gasteiger partial charge in [0.1, 0.15) is 22.4 Å². The molecule has 4 nitrogen and oxygen atoms in total. The first-order valence-electron chi connectivity index (χ1n) is 4.61. The zero-order chi connectivity index (χ0) is 10.2. The Morgan fingerprint density at radius 3 is 2.57 bits per heavy atom. The van der Waals surface area contributed by atoms with Gasteiger partial charge in [0.05, 0.1) is 0 Å². The van der Waals surface area contributed by atoms with Crippen molar-refractivity contribution < 1.29 is 0 Å². The number of anilines is 2. The predicted octanol–water partition coefficient (Wildman–Crippen LogP) is 2.25. The monoisotopic (exact) mass is 256 g/mol. The van der Waals surface area contributed by atoms with Crippen LogP contribution in [0.4, 0.5) is 11.6 Å². The Kier molecular flexibility index (Phi) is 2.34. The summed E-state index contributed by atoms with van der Waals surface area (Å²) in [4.78, 5) is 8.30. The molecule has 0 saturated heterocycles. The second-order valence-electron chi connectivity index (χ2n) is 3.82. The van der Waals surface area contributed by atoms with Crippen LogP contribution in [0.3, 0.4) is 0 Å². The van der Waals surface area contributed by atoms with Crippen molar-refractivity contribution >= 4 is 27.6 Å². The van der Waals surface area contributed by atoms with Crippen LogP contribution in [0.5, 0.6) is 0 Å². The molecule has 1 aromatic heterocycles. The lowest BCUT2D eigenvalue weighted by molar-refractivity contribution is 0.818. The summed E-state index contributed by atoms with van der Waals surface area (Å²) in [5.41, 5.74) is 0.238. The molecule has 0 aromatic carbocycles. The van der Waals surface area contributed by atoms with Gasteiger partial charge in [0.25, 0.3) is 0 Å². The van der Waals surface area contributed by atoms with Crippen LogP contribution in [0.2, 0.25) is 0 Å². The highest BCUT2D eigenvalue weighted by molar-refractivity contribution is 9.10. The number of nitrogens with zero attached hydrogens (tertiary/aromatic N) is 2. The molecule has 1 aliphatic rings. The molecule has 0 atom stereocenters. The van der Waals surface area contributed by atoms with Gasteiger partial charge >= 0.3 is 0 Å². The molecule has 76 valence electrons. The lowest BCUT2D eigenvalue weighted by Gasteiger charge is -2.14. The molecule has 2 N–H and O–H groups in total. The van der Waals surface area contributed by atoms with Crippen LogP contribution in [-0.2, 0) is 0 Å². The van der Waals surface area contributed by atoms with Crippen molar-refractivity contribution in [2.45, 2.75) is 25.3 Å². The number of nitrogens with one attached hydrogen (secondary N) is 2. The van der Waals surface area contributed by atoms with E-state index >= 15 is 0 Å². The average Bonchev–Trinajstić information content (AvgIpc) is 2.88. The third-order valence-corrected chi connectivity index (χ3v) is 3.20. The molecule has 0 unspecified atom stereocenters. The van der Waals surface area contributed by atoms with Gasteiger partial charge < -0.3 is 10.6 Å². The Labute approximate surface area is 91.7 Å². The molecule has 0 aliphatic heterocycles. The second-order valence-corrected chi connectivity index (χ2v) is 4.61. The number of hydrogen-bond donors (Lipinski definition) is 2. The van der Waals surface area contributed by atoms with E-state index in [-0.39, 0.29) is 5.54 Å². The Hall–Kier alpha value is -0.840. The zero-order valence-corrected chi connectivity index (χ0v) is 9.85. The van der Waals surface area contributed by atoms with Gasteiger partial charge in [-0.1, -0.05) is 0 Å². The van der Waals surface area contributed by atoms with Crippen LogP contribution < -0.4 is 10.6 Å². The Morgan fingerprint density at radius 2 is 2.00 bits per heavy atom. The maximum absolute atomic E-state index is 4.20. The van der Waals surface area contributed by atoms with E-state index in [1.165, 1.54) is 12.8 Å². The summed E-state index contributed by atoms with van der Waals surface area (Å²) in [5.74, 6) is 1.68. The summed E-state index contributed by atoms with van der Waals surface area (Å²) in [6.07, 6.45) is 3.97. The molecular formula is C9H13BrN4. The fourth-order valence-corrected chi connectivity index (χ4v) is 1.73. The van der Waals surface area contributed by atoms with Crippen molar-refractivity contribution in [1.29, 1.82) is 0 Å². The van der Waals surface area contributed by atoms with E-state index in [9.17, 15) is 0 Å². The molecule has 0 radical (unpaired) electrons. The number of rotatable bonds is 3. The van der Waals surface area contributed by atoms with Crippen molar-refractivity contribution in [1.82, 2.24) is 9.97 Å². The fourth-order valence-electron chi connectivity index (χ4n) is 1.23. The van der Waals surface area contributed by atoms with Crippen molar-refractivity contribution in [2.75, 3.05) is 17.7 Å². The van der Waals surface area contributed by atoms with Crippen molar-refractivity contribution in [3.63, 3.8) is 0 Å². The van der Waals surface area contributed by atoms with E-state index < -0.39 is 0 Å². The maximum Gasteiger partial charge on any atom is 0.146 e. The highest BCUT2D eigenvalue weighted by atomic mass is 79.9. The lowest BCUT2D eigenvalue weighted by atomic mass is 10.3. The molecule has 0 bridgehead atoms. The van der Waals surface area contributed by atoms with E-state index in [1.807, 2.05) is 7.05 Å². The molecular weight excluding hydrogens is 244 g/mol. The summed E-state index contributed by atoms with van der Waals surface area (Å²) >= 11 is 3.47. The van der Waals surface area contributed by atoms with Gasteiger partial charge in [-0.05, 0) is 35.7 Å². The maximum atomic E-state index is 4.20. The van der Waals surface area contributed by atoms with Gasteiger partial charge in [-0.3, -0.25) is 0 Å². The van der Waals surface area contributed by atoms with Crippen molar-refractivity contribution in [3.05, 3.63) is 10.8 Å². The van der Waals surface area contributed by atoms with E-state index in [4.69, 9.17) is 0 Å². The van der Waals surface area contributed by atoms with E-state index in [1.54, 1.807) is 6.33 Å². The smallest absolute Gasteiger partial charge is 0.146 e. The topological polar surface area (TPSA) is 49.8 Å². The molecule has 0 spiro atoms. The average molecular weight is 257 g/mol. The highest BCUT2D eigenvalue weighted by Gasteiger charge is 2.38. The molecule has 0 amide bonds. The van der Waals surface area contributed by atoms with Crippen molar-refractivity contribution in [3.8, 4) is 0 Å². The summed E-state index contributed by atoms with van der Waals surface area (Å²) in [7, 11) is 1.84. The Balaban J connectivity index is 2.24. The van der Waals surface area contributed by atoms with Gasteiger partial charge in [0.15, 0.2) is 0 Å². The van der Waals surface area contributed by atoms with Gasteiger partial charge in [-0.2, -0.15) is 0 Å². The fraction of sp³-hybridized carbons (Fsp3) is 0.556.